The highest BCUT2D eigenvalue weighted by molar-refractivity contribution is 6.00. The molecule has 0 aromatic carbocycles. The maximum atomic E-state index is 12.2. The molecule has 5 nitrogen and oxygen atoms in total. The molecule has 0 aliphatic heterocycles. The molecule has 0 aliphatic carbocycles. The van der Waals surface area contributed by atoms with E-state index in [-0.39, 0.29) is 11.9 Å². The van der Waals surface area contributed by atoms with Gasteiger partial charge in [0.05, 0.1) is 12.2 Å². The van der Waals surface area contributed by atoms with Crippen LogP contribution in [0.25, 0.3) is 0 Å². The van der Waals surface area contributed by atoms with Crippen molar-refractivity contribution in [3.8, 4) is 0 Å². The van der Waals surface area contributed by atoms with E-state index in [0.29, 0.717) is 35.0 Å². The van der Waals surface area contributed by atoms with E-state index in [4.69, 9.17) is 4.74 Å². The fraction of sp³-hybridized carbons (Fsp3) is 0.600. The maximum Gasteiger partial charge on any atom is 0.340 e. The van der Waals surface area contributed by atoms with E-state index in [1.165, 1.54) is 0 Å². The van der Waals surface area contributed by atoms with Crippen LogP contribution >= 0.6 is 0 Å². The van der Waals surface area contributed by atoms with E-state index in [9.17, 15) is 9.59 Å². The van der Waals surface area contributed by atoms with Crippen LogP contribution in [0.15, 0.2) is 0 Å². The van der Waals surface area contributed by atoms with Crippen LogP contribution in [0.5, 0.6) is 0 Å². The topological polar surface area (TPSA) is 71.2 Å². The number of hydrogen-bond donors (Lipinski definition) is 2. The molecule has 1 amide bonds. The lowest BCUT2D eigenvalue weighted by Crippen LogP contribution is -2.36. The number of nitrogens with one attached hydrogen (secondary N) is 2. The van der Waals surface area contributed by atoms with Crippen molar-refractivity contribution in [2.45, 2.75) is 47.6 Å². The van der Waals surface area contributed by atoms with Crippen LogP contribution in [-0.4, -0.2) is 29.5 Å². The second-order valence-electron chi connectivity index (χ2n) is 5.35. The molecule has 1 aromatic rings. The van der Waals surface area contributed by atoms with Gasteiger partial charge in [-0.25, -0.2) is 4.79 Å². The Morgan fingerprint density at radius 3 is 2.35 bits per heavy atom. The summed E-state index contributed by atoms with van der Waals surface area (Å²) in [6.45, 7) is 11.6. The Morgan fingerprint density at radius 2 is 1.85 bits per heavy atom. The molecule has 0 radical (unpaired) electrons. The third-order valence-electron chi connectivity index (χ3n) is 3.50. The van der Waals surface area contributed by atoms with Gasteiger partial charge in [0.15, 0.2) is 0 Å². The van der Waals surface area contributed by atoms with Gasteiger partial charge in [-0.15, -0.1) is 0 Å². The van der Waals surface area contributed by atoms with Crippen LogP contribution in [0.3, 0.4) is 0 Å². The normalized spacial score (nSPS) is 12.3. The number of H-pyrrole nitrogens is 1. The number of ether oxygens (including phenoxy) is 1. The molecule has 0 saturated heterocycles. The smallest absolute Gasteiger partial charge is 0.340 e. The number of aromatic nitrogens is 1. The summed E-state index contributed by atoms with van der Waals surface area (Å²) in [5.74, 6) is -0.239. The molecule has 1 aromatic heterocycles. The average molecular weight is 280 g/mol. The van der Waals surface area contributed by atoms with Crippen molar-refractivity contribution in [2.24, 2.45) is 5.92 Å². The molecule has 112 valence electrons. The van der Waals surface area contributed by atoms with E-state index in [0.717, 1.165) is 0 Å². The van der Waals surface area contributed by atoms with Crippen LogP contribution in [-0.2, 0) is 4.74 Å². The van der Waals surface area contributed by atoms with Gasteiger partial charge in [-0.05, 0) is 39.2 Å². The minimum Gasteiger partial charge on any atom is -0.462 e. The lowest BCUT2D eigenvalue weighted by atomic mass is 10.1. The molecule has 0 unspecified atom stereocenters. The van der Waals surface area contributed by atoms with Crippen molar-refractivity contribution in [1.29, 1.82) is 0 Å². The Kier molecular flexibility index (Phi) is 5.36. The van der Waals surface area contributed by atoms with Gasteiger partial charge in [-0.2, -0.15) is 0 Å². The number of carbonyl (C=O) groups excluding carboxylic acids is 2. The molecular weight excluding hydrogens is 256 g/mol. The van der Waals surface area contributed by atoms with Crippen molar-refractivity contribution in [3.63, 3.8) is 0 Å². The number of aromatic amines is 1. The first-order chi connectivity index (χ1) is 9.29. The third-order valence-corrected chi connectivity index (χ3v) is 3.50. The molecule has 1 heterocycles. The van der Waals surface area contributed by atoms with Crippen LogP contribution in [0.4, 0.5) is 0 Å². The molecule has 1 atom stereocenters. The van der Waals surface area contributed by atoms with Gasteiger partial charge >= 0.3 is 5.97 Å². The maximum absolute atomic E-state index is 12.2. The average Bonchev–Trinajstić information content (AvgIpc) is 2.64. The number of rotatable bonds is 5. The van der Waals surface area contributed by atoms with Gasteiger partial charge in [0.1, 0.15) is 5.69 Å². The molecular formula is C15H24N2O3. The van der Waals surface area contributed by atoms with Crippen molar-refractivity contribution in [3.05, 3.63) is 22.5 Å². The van der Waals surface area contributed by atoms with Gasteiger partial charge in [-0.1, -0.05) is 13.8 Å². The Hall–Kier alpha value is -1.78. The summed E-state index contributed by atoms with van der Waals surface area (Å²) in [5, 5.41) is 2.93. The van der Waals surface area contributed by atoms with E-state index in [2.05, 4.69) is 10.3 Å². The lowest BCUT2D eigenvalue weighted by molar-refractivity contribution is 0.0525. The second kappa shape index (κ2) is 6.59. The predicted molar refractivity (Wildman–Crippen MR) is 78.0 cm³/mol. The minimum atomic E-state index is -0.394. The molecule has 0 fully saturated rings. The first-order valence-corrected chi connectivity index (χ1v) is 6.96. The summed E-state index contributed by atoms with van der Waals surface area (Å²) >= 11 is 0. The van der Waals surface area contributed by atoms with E-state index in [1.54, 1.807) is 20.8 Å². The largest absolute Gasteiger partial charge is 0.462 e. The first-order valence-electron chi connectivity index (χ1n) is 6.96. The summed E-state index contributed by atoms with van der Waals surface area (Å²) in [4.78, 5) is 27.1. The molecule has 2 N–H and O–H groups in total. The third kappa shape index (κ3) is 3.40. The molecule has 0 spiro atoms. The number of esters is 1. The summed E-state index contributed by atoms with van der Waals surface area (Å²) < 4.78 is 5.01. The Balaban J connectivity index is 3.01. The molecule has 1 rings (SSSR count). The second-order valence-corrected chi connectivity index (χ2v) is 5.35. The Labute approximate surface area is 120 Å². The molecule has 0 saturated carbocycles. The lowest BCUT2D eigenvalue weighted by Gasteiger charge is -2.17. The molecule has 0 aliphatic rings. The van der Waals surface area contributed by atoms with Gasteiger partial charge in [0, 0.05) is 11.7 Å². The van der Waals surface area contributed by atoms with Crippen molar-refractivity contribution in [1.82, 2.24) is 10.3 Å². The van der Waals surface area contributed by atoms with Crippen molar-refractivity contribution in [2.75, 3.05) is 6.61 Å². The Morgan fingerprint density at radius 1 is 1.25 bits per heavy atom. The van der Waals surface area contributed by atoms with Crippen molar-refractivity contribution < 1.29 is 14.3 Å². The summed E-state index contributed by atoms with van der Waals surface area (Å²) in [6, 6.07) is 0.0662. The molecule has 0 bridgehead atoms. The first kappa shape index (κ1) is 16.3. The van der Waals surface area contributed by atoms with Crippen LogP contribution < -0.4 is 5.32 Å². The van der Waals surface area contributed by atoms with Gasteiger partial charge in [0.2, 0.25) is 0 Å². The fourth-order valence-electron chi connectivity index (χ4n) is 1.93. The minimum absolute atomic E-state index is 0.0662. The van der Waals surface area contributed by atoms with E-state index < -0.39 is 5.97 Å². The van der Waals surface area contributed by atoms with Crippen LogP contribution in [0, 0.1) is 19.8 Å². The number of amides is 1. The van der Waals surface area contributed by atoms with Gasteiger partial charge in [-0.3, -0.25) is 4.79 Å². The van der Waals surface area contributed by atoms with Crippen molar-refractivity contribution >= 4 is 11.9 Å². The van der Waals surface area contributed by atoms with Crippen LogP contribution in [0.1, 0.15) is 59.8 Å². The number of carbonyl (C=O) groups is 2. The Bertz CT molecular complexity index is 503. The monoisotopic (exact) mass is 280 g/mol. The molecule has 20 heavy (non-hydrogen) atoms. The number of hydrogen-bond acceptors (Lipinski definition) is 3. The number of aryl methyl sites for hydroxylation is 1. The zero-order valence-corrected chi connectivity index (χ0v) is 13.1. The van der Waals surface area contributed by atoms with E-state index >= 15 is 0 Å². The SMILES string of the molecule is CCOC(=O)c1c(C)[nH]c(C(=O)N[C@H](C)C(C)C)c1C. The van der Waals surface area contributed by atoms with Crippen LogP contribution in [0.2, 0.25) is 0 Å². The van der Waals surface area contributed by atoms with E-state index in [1.807, 2.05) is 20.8 Å². The van der Waals surface area contributed by atoms with Gasteiger partial charge in [0.25, 0.3) is 5.91 Å². The highest BCUT2D eigenvalue weighted by Crippen LogP contribution is 2.19. The fourth-order valence-corrected chi connectivity index (χ4v) is 1.93. The standard InChI is InChI=1S/C15H24N2O3/c1-7-20-15(19)12-9(4)13(16-11(12)6)14(18)17-10(5)8(2)3/h8,10,16H,7H2,1-6H3,(H,17,18)/t10-/m1/s1. The van der Waals surface area contributed by atoms with Gasteiger partial charge < -0.3 is 15.0 Å². The zero-order chi connectivity index (χ0) is 15.4. The summed E-state index contributed by atoms with van der Waals surface area (Å²) in [6.07, 6.45) is 0. The predicted octanol–water partition coefficient (Wildman–Crippen LogP) is 2.58. The highest BCUT2D eigenvalue weighted by Gasteiger charge is 2.23. The summed E-state index contributed by atoms with van der Waals surface area (Å²) in [7, 11) is 0. The molecule has 5 heteroatoms. The quantitative estimate of drug-likeness (QED) is 0.814. The summed E-state index contributed by atoms with van der Waals surface area (Å²) in [5.41, 5.74) is 2.17. The zero-order valence-electron chi connectivity index (χ0n) is 13.1. The highest BCUT2D eigenvalue weighted by atomic mass is 16.5.